The van der Waals surface area contributed by atoms with Gasteiger partial charge in [0, 0.05) is 32.1 Å². The molecule has 1 N–H and O–H groups in total. The Labute approximate surface area is 106 Å². The van der Waals surface area contributed by atoms with Crippen molar-refractivity contribution in [1.29, 1.82) is 0 Å². The van der Waals surface area contributed by atoms with Crippen LogP contribution in [0.5, 0.6) is 0 Å². The lowest BCUT2D eigenvalue weighted by Gasteiger charge is -2.16. The van der Waals surface area contributed by atoms with Crippen molar-refractivity contribution in [3.05, 3.63) is 27.7 Å². The van der Waals surface area contributed by atoms with Crippen molar-refractivity contribution < 1.29 is 0 Å². The second-order valence-electron chi connectivity index (χ2n) is 4.15. The van der Waals surface area contributed by atoms with E-state index in [-0.39, 0.29) is 5.56 Å². The summed E-state index contributed by atoms with van der Waals surface area (Å²) in [5.74, 6) is 2.24. The van der Waals surface area contributed by atoms with Gasteiger partial charge in [0.2, 0.25) is 0 Å². The zero-order valence-corrected chi connectivity index (χ0v) is 11.1. The van der Waals surface area contributed by atoms with Crippen molar-refractivity contribution in [2.75, 3.05) is 18.1 Å². The van der Waals surface area contributed by atoms with E-state index in [0.717, 1.165) is 55.2 Å². The highest BCUT2D eigenvalue weighted by Crippen LogP contribution is 2.08. The molecule has 0 aromatic carbocycles. The summed E-state index contributed by atoms with van der Waals surface area (Å²) in [7, 11) is 0. The van der Waals surface area contributed by atoms with Crippen LogP contribution in [0.1, 0.15) is 24.6 Å². The molecule has 0 radical (unpaired) electrons. The minimum Gasteiger partial charge on any atom is -0.312 e. The van der Waals surface area contributed by atoms with Crippen molar-refractivity contribution in [3.63, 3.8) is 0 Å². The Kier molecular flexibility index (Phi) is 4.62. The summed E-state index contributed by atoms with van der Waals surface area (Å²) in [6.07, 6.45) is 1.95. The normalized spacial score (nSPS) is 14.6. The van der Waals surface area contributed by atoms with Gasteiger partial charge in [-0.05, 0) is 23.5 Å². The maximum Gasteiger partial charge on any atom is 0.267 e. The maximum atomic E-state index is 11.8. The smallest absolute Gasteiger partial charge is 0.267 e. The Hall–Kier alpha value is -0.810. The number of aryl methyl sites for hydroxylation is 1. The molecule has 0 fully saturated rings. The number of rotatable bonds is 5. The van der Waals surface area contributed by atoms with Gasteiger partial charge < -0.3 is 5.32 Å². The zero-order valence-electron chi connectivity index (χ0n) is 10.2. The lowest BCUT2D eigenvalue weighted by Crippen LogP contribution is -2.31. The number of thioether (sulfide) groups is 1. The largest absolute Gasteiger partial charge is 0.312 e. The van der Waals surface area contributed by atoms with Gasteiger partial charge in [-0.1, -0.05) is 6.92 Å². The first-order valence-corrected chi connectivity index (χ1v) is 7.35. The third-order valence-corrected chi connectivity index (χ3v) is 3.87. The molecule has 0 unspecified atom stereocenters. The Balaban J connectivity index is 2.04. The summed E-state index contributed by atoms with van der Waals surface area (Å²) < 4.78 is 1.63. The first-order valence-electron chi connectivity index (χ1n) is 6.19. The van der Waals surface area contributed by atoms with Crippen LogP contribution in [-0.4, -0.2) is 27.8 Å². The van der Waals surface area contributed by atoms with Crippen molar-refractivity contribution in [2.24, 2.45) is 0 Å². The first kappa shape index (κ1) is 12.6. The van der Waals surface area contributed by atoms with E-state index in [1.54, 1.807) is 10.7 Å². The summed E-state index contributed by atoms with van der Waals surface area (Å²) in [5.41, 5.74) is 2.20. The molecule has 0 bridgehead atoms. The second-order valence-corrected chi connectivity index (χ2v) is 5.55. The van der Waals surface area contributed by atoms with Crippen LogP contribution < -0.4 is 10.9 Å². The summed E-state index contributed by atoms with van der Waals surface area (Å²) in [6.45, 7) is 4.64. The molecule has 0 saturated heterocycles. The van der Waals surface area contributed by atoms with Crippen LogP contribution in [0.2, 0.25) is 0 Å². The highest BCUT2D eigenvalue weighted by molar-refractivity contribution is 7.99. The van der Waals surface area contributed by atoms with Gasteiger partial charge in [-0.3, -0.25) is 4.79 Å². The summed E-state index contributed by atoms with van der Waals surface area (Å²) in [4.78, 5) is 11.8. The lowest BCUT2D eigenvalue weighted by molar-refractivity contribution is 0.529. The average molecular weight is 253 g/mol. The van der Waals surface area contributed by atoms with Crippen molar-refractivity contribution in [1.82, 2.24) is 15.1 Å². The van der Waals surface area contributed by atoms with E-state index in [1.165, 1.54) is 0 Å². The molecule has 0 aliphatic carbocycles. The lowest BCUT2D eigenvalue weighted by atomic mass is 10.1. The molecule has 1 aromatic heterocycles. The fourth-order valence-corrected chi connectivity index (χ4v) is 2.60. The maximum absolute atomic E-state index is 11.8. The van der Waals surface area contributed by atoms with Gasteiger partial charge in [0.1, 0.15) is 0 Å². The molecule has 5 heteroatoms. The summed E-state index contributed by atoms with van der Waals surface area (Å²) in [6, 6.07) is 1.74. The molecule has 94 valence electrons. The third kappa shape index (κ3) is 3.33. The van der Waals surface area contributed by atoms with Crippen molar-refractivity contribution >= 4 is 11.8 Å². The van der Waals surface area contributed by atoms with Gasteiger partial charge in [-0.25, -0.2) is 4.68 Å². The molecule has 2 rings (SSSR count). The topological polar surface area (TPSA) is 46.9 Å². The predicted molar refractivity (Wildman–Crippen MR) is 71.5 cm³/mol. The predicted octanol–water partition coefficient (Wildman–Crippen LogP) is 1.03. The Bertz CT molecular complexity index is 430. The number of nitrogens with zero attached hydrogens (tertiary/aromatic N) is 2. The van der Waals surface area contributed by atoms with Crippen molar-refractivity contribution in [3.8, 4) is 0 Å². The van der Waals surface area contributed by atoms with Gasteiger partial charge in [0.25, 0.3) is 5.56 Å². The quantitative estimate of drug-likeness (QED) is 0.796. The molecular weight excluding hydrogens is 234 g/mol. The van der Waals surface area contributed by atoms with Crippen molar-refractivity contribution in [2.45, 2.75) is 32.9 Å². The first-order chi connectivity index (χ1) is 8.31. The molecule has 0 atom stereocenters. The fraction of sp³-hybridized carbons (Fsp3) is 0.667. The average Bonchev–Trinajstić information content (AvgIpc) is 2.35. The van der Waals surface area contributed by atoms with E-state index in [1.807, 2.05) is 11.8 Å². The van der Waals surface area contributed by atoms with E-state index in [0.29, 0.717) is 0 Å². The molecule has 17 heavy (non-hydrogen) atoms. The Morgan fingerprint density at radius 1 is 1.59 bits per heavy atom. The zero-order chi connectivity index (χ0) is 12.1. The Morgan fingerprint density at radius 3 is 3.29 bits per heavy atom. The minimum absolute atomic E-state index is 0.0361. The molecule has 1 aromatic rings. The molecular formula is C12H19N3OS. The van der Waals surface area contributed by atoms with Crippen LogP contribution in [0.4, 0.5) is 0 Å². The summed E-state index contributed by atoms with van der Waals surface area (Å²) >= 11 is 1.91. The second kappa shape index (κ2) is 6.21. The molecule has 1 aliphatic heterocycles. The molecule has 0 amide bonds. The van der Waals surface area contributed by atoms with Gasteiger partial charge >= 0.3 is 0 Å². The fourth-order valence-electron chi connectivity index (χ4n) is 1.98. The van der Waals surface area contributed by atoms with Crippen LogP contribution in [-0.2, 0) is 19.5 Å². The van der Waals surface area contributed by atoms with Gasteiger partial charge in [-0.2, -0.15) is 16.9 Å². The number of fused-ring (bicyclic) bond motifs is 1. The number of nitrogens with one attached hydrogen (secondary N) is 1. The van der Waals surface area contributed by atoms with Gasteiger partial charge in [0.15, 0.2) is 0 Å². The van der Waals surface area contributed by atoms with E-state index in [2.05, 4.69) is 17.3 Å². The van der Waals surface area contributed by atoms with Crippen LogP contribution >= 0.6 is 11.8 Å². The molecule has 0 saturated carbocycles. The third-order valence-electron chi connectivity index (χ3n) is 2.88. The van der Waals surface area contributed by atoms with Crippen LogP contribution in [0.25, 0.3) is 0 Å². The van der Waals surface area contributed by atoms with E-state index >= 15 is 0 Å². The highest BCUT2D eigenvalue weighted by Gasteiger charge is 2.12. The van der Waals surface area contributed by atoms with E-state index in [4.69, 9.17) is 0 Å². The Morgan fingerprint density at radius 2 is 2.47 bits per heavy atom. The molecule has 1 aliphatic rings. The molecule has 0 spiro atoms. The highest BCUT2D eigenvalue weighted by atomic mass is 32.2. The van der Waals surface area contributed by atoms with Crippen LogP contribution in [0.3, 0.4) is 0 Å². The number of hydrogen-bond donors (Lipinski definition) is 1. The number of hydrogen-bond acceptors (Lipinski definition) is 4. The molecule has 2 heterocycles. The SMILES string of the molecule is CCSCCCn1nc2c(cc1=O)CNCC2. The standard InChI is InChI=1S/C12H19N3OS/c1-2-17-7-3-6-15-12(16)8-10-9-13-5-4-11(10)14-15/h8,13H,2-7,9H2,1H3. The van der Waals surface area contributed by atoms with E-state index in [9.17, 15) is 4.79 Å². The monoisotopic (exact) mass is 253 g/mol. The summed E-state index contributed by atoms with van der Waals surface area (Å²) in [5, 5.41) is 7.72. The van der Waals surface area contributed by atoms with Crippen LogP contribution in [0.15, 0.2) is 10.9 Å². The van der Waals surface area contributed by atoms with E-state index < -0.39 is 0 Å². The van der Waals surface area contributed by atoms with Gasteiger partial charge in [0.05, 0.1) is 5.69 Å². The minimum atomic E-state index is 0.0361. The number of aromatic nitrogens is 2. The van der Waals surface area contributed by atoms with Crippen LogP contribution in [0, 0.1) is 0 Å². The molecule has 4 nitrogen and oxygen atoms in total. The van der Waals surface area contributed by atoms with Gasteiger partial charge in [-0.15, -0.1) is 0 Å².